The Bertz CT molecular complexity index is 1020. The van der Waals surface area contributed by atoms with Gasteiger partial charge in [-0.3, -0.25) is 4.79 Å². The SMILES string of the molecule is COc1ccc2c(C)c(CCC(=O)NCc3ccc(Cl)cc3)c(=O)oc2c1. The second-order valence-electron chi connectivity index (χ2n) is 6.26. The molecule has 0 saturated heterocycles. The van der Waals surface area contributed by atoms with Gasteiger partial charge in [0.2, 0.25) is 5.91 Å². The number of amides is 1. The fourth-order valence-electron chi connectivity index (χ4n) is 2.92. The highest BCUT2D eigenvalue weighted by atomic mass is 35.5. The number of fused-ring (bicyclic) bond motifs is 1. The standard InChI is InChI=1S/C21H20ClNO4/c1-13-17-8-7-16(26-2)11-19(17)27-21(25)18(13)9-10-20(24)23-12-14-3-5-15(22)6-4-14/h3-8,11H,9-10,12H2,1-2H3,(H,23,24). The molecule has 0 bridgehead atoms. The van der Waals surface area contributed by atoms with Crippen LogP contribution in [-0.4, -0.2) is 13.0 Å². The molecule has 0 spiro atoms. The van der Waals surface area contributed by atoms with Crippen LogP contribution >= 0.6 is 11.6 Å². The van der Waals surface area contributed by atoms with Crippen molar-refractivity contribution >= 4 is 28.5 Å². The van der Waals surface area contributed by atoms with E-state index in [2.05, 4.69) is 5.32 Å². The Kier molecular flexibility index (Phi) is 5.81. The van der Waals surface area contributed by atoms with Gasteiger partial charge in [-0.1, -0.05) is 23.7 Å². The van der Waals surface area contributed by atoms with Crippen molar-refractivity contribution in [3.8, 4) is 5.75 Å². The number of aryl methyl sites for hydroxylation is 1. The van der Waals surface area contributed by atoms with Crippen molar-refractivity contribution in [2.45, 2.75) is 26.3 Å². The molecule has 140 valence electrons. The largest absolute Gasteiger partial charge is 0.497 e. The van der Waals surface area contributed by atoms with Gasteiger partial charge in [0, 0.05) is 35.0 Å². The van der Waals surface area contributed by atoms with Crippen LogP contribution in [0.3, 0.4) is 0 Å². The molecule has 0 aliphatic rings. The Labute approximate surface area is 161 Å². The molecule has 0 radical (unpaired) electrons. The van der Waals surface area contributed by atoms with Crippen LogP contribution in [-0.2, 0) is 17.8 Å². The molecule has 2 aromatic carbocycles. The maximum absolute atomic E-state index is 12.3. The van der Waals surface area contributed by atoms with E-state index in [9.17, 15) is 9.59 Å². The molecule has 0 aliphatic carbocycles. The molecule has 6 heteroatoms. The van der Waals surface area contributed by atoms with Crippen LogP contribution in [0.2, 0.25) is 5.02 Å². The molecule has 27 heavy (non-hydrogen) atoms. The number of benzene rings is 2. The van der Waals surface area contributed by atoms with E-state index in [0.717, 1.165) is 16.5 Å². The fourth-order valence-corrected chi connectivity index (χ4v) is 3.05. The predicted octanol–water partition coefficient (Wildman–Crippen LogP) is 4.01. The number of methoxy groups -OCH3 is 1. The van der Waals surface area contributed by atoms with Crippen molar-refractivity contribution < 1.29 is 13.9 Å². The van der Waals surface area contributed by atoms with Crippen molar-refractivity contribution in [2.24, 2.45) is 0 Å². The molecule has 5 nitrogen and oxygen atoms in total. The molecule has 0 atom stereocenters. The van der Waals surface area contributed by atoms with Gasteiger partial charge in [0.05, 0.1) is 7.11 Å². The van der Waals surface area contributed by atoms with Gasteiger partial charge in [-0.15, -0.1) is 0 Å². The third-order valence-electron chi connectivity index (χ3n) is 4.50. The number of hydrogen-bond donors (Lipinski definition) is 1. The van der Waals surface area contributed by atoms with Crippen LogP contribution in [0.4, 0.5) is 0 Å². The van der Waals surface area contributed by atoms with Crippen LogP contribution in [0.25, 0.3) is 11.0 Å². The zero-order valence-corrected chi connectivity index (χ0v) is 15.9. The minimum atomic E-state index is -0.418. The predicted molar refractivity (Wildman–Crippen MR) is 105 cm³/mol. The molecule has 3 aromatic rings. The van der Waals surface area contributed by atoms with E-state index in [0.29, 0.717) is 34.9 Å². The lowest BCUT2D eigenvalue weighted by Gasteiger charge is -2.09. The highest BCUT2D eigenvalue weighted by Crippen LogP contribution is 2.24. The van der Waals surface area contributed by atoms with Crippen LogP contribution < -0.4 is 15.7 Å². The molecule has 0 aliphatic heterocycles. The van der Waals surface area contributed by atoms with E-state index < -0.39 is 5.63 Å². The van der Waals surface area contributed by atoms with Gasteiger partial charge in [0.25, 0.3) is 0 Å². The molecule has 1 heterocycles. The lowest BCUT2D eigenvalue weighted by atomic mass is 10.0. The highest BCUT2D eigenvalue weighted by Gasteiger charge is 2.13. The van der Waals surface area contributed by atoms with Gasteiger partial charge < -0.3 is 14.5 Å². The summed E-state index contributed by atoms with van der Waals surface area (Å²) in [6.45, 7) is 2.29. The second kappa shape index (κ2) is 8.27. The molecular formula is C21H20ClNO4. The minimum Gasteiger partial charge on any atom is -0.497 e. The summed E-state index contributed by atoms with van der Waals surface area (Å²) in [6, 6.07) is 12.6. The number of ether oxygens (including phenoxy) is 1. The van der Waals surface area contributed by atoms with Gasteiger partial charge in [-0.25, -0.2) is 4.79 Å². The third kappa shape index (κ3) is 4.49. The second-order valence-corrected chi connectivity index (χ2v) is 6.69. The molecule has 1 aromatic heterocycles. The monoisotopic (exact) mass is 385 g/mol. The summed E-state index contributed by atoms with van der Waals surface area (Å²) >= 11 is 5.85. The number of halogens is 1. The number of carbonyl (C=O) groups excluding carboxylic acids is 1. The Hall–Kier alpha value is -2.79. The number of nitrogens with one attached hydrogen (secondary N) is 1. The van der Waals surface area contributed by atoms with E-state index in [1.807, 2.05) is 31.2 Å². The van der Waals surface area contributed by atoms with Crippen molar-refractivity contribution in [2.75, 3.05) is 7.11 Å². The van der Waals surface area contributed by atoms with Crippen LogP contribution in [0.1, 0.15) is 23.1 Å². The smallest absolute Gasteiger partial charge is 0.339 e. The summed E-state index contributed by atoms with van der Waals surface area (Å²) in [6.07, 6.45) is 0.531. The van der Waals surface area contributed by atoms with Crippen LogP contribution in [0, 0.1) is 6.92 Å². The van der Waals surface area contributed by atoms with Crippen molar-refractivity contribution in [3.05, 3.63) is 74.6 Å². The summed E-state index contributed by atoms with van der Waals surface area (Å²) in [5.74, 6) is 0.498. The minimum absolute atomic E-state index is 0.126. The van der Waals surface area contributed by atoms with Crippen LogP contribution in [0.5, 0.6) is 5.75 Å². The summed E-state index contributed by atoms with van der Waals surface area (Å²) in [5, 5.41) is 4.34. The van der Waals surface area contributed by atoms with E-state index >= 15 is 0 Å². The summed E-state index contributed by atoms with van der Waals surface area (Å²) < 4.78 is 10.6. The molecule has 0 unspecified atom stereocenters. The highest BCUT2D eigenvalue weighted by molar-refractivity contribution is 6.30. The maximum Gasteiger partial charge on any atom is 0.339 e. The van der Waals surface area contributed by atoms with Gasteiger partial charge in [0.1, 0.15) is 11.3 Å². The molecule has 0 fully saturated rings. The first-order chi connectivity index (χ1) is 13.0. The van der Waals surface area contributed by atoms with Crippen molar-refractivity contribution in [1.82, 2.24) is 5.32 Å². The Morgan fingerprint density at radius 3 is 2.63 bits per heavy atom. The maximum atomic E-state index is 12.3. The van der Waals surface area contributed by atoms with Gasteiger partial charge in [-0.2, -0.15) is 0 Å². The summed E-state index contributed by atoms with van der Waals surface area (Å²) in [7, 11) is 1.56. The number of rotatable bonds is 6. The van der Waals surface area contributed by atoms with Gasteiger partial charge in [0.15, 0.2) is 0 Å². The fraction of sp³-hybridized carbons (Fsp3) is 0.238. The Balaban J connectivity index is 1.68. The molecule has 3 rings (SSSR count). The quantitative estimate of drug-likeness (QED) is 0.651. The summed E-state index contributed by atoms with van der Waals surface area (Å²) in [4.78, 5) is 24.5. The van der Waals surface area contributed by atoms with Gasteiger partial charge in [-0.05, 0) is 48.7 Å². The number of hydrogen-bond acceptors (Lipinski definition) is 4. The zero-order valence-electron chi connectivity index (χ0n) is 15.2. The lowest BCUT2D eigenvalue weighted by Crippen LogP contribution is -2.24. The lowest BCUT2D eigenvalue weighted by molar-refractivity contribution is -0.121. The molecule has 1 amide bonds. The number of carbonyl (C=O) groups is 1. The van der Waals surface area contributed by atoms with E-state index in [4.69, 9.17) is 20.8 Å². The third-order valence-corrected chi connectivity index (χ3v) is 4.75. The normalized spacial score (nSPS) is 10.8. The first-order valence-corrected chi connectivity index (χ1v) is 8.97. The van der Waals surface area contributed by atoms with Crippen molar-refractivity contribution in [3.63, 3.8) is 0 Å². The van der Waals surface area contributed by atoms with Crippen LogP contribution in [0.15, 0.2) is 51.7 Å². The van der Waals surface area contributed by atoms with E-state index in [1.165, 1.54) is 0 Å². The van der Waals surface area contributed by atoms with Crippen molar-refractivity contribution in [1.29, 1.82) is 0 Å². The molecule has 0 saturated carbocycles. The van der Waals surface area contributed by atoms with E-state index in [1.54, 1.807) is 25.3 Å². The zero-order chi connectivity index (χ0) is 19.4. The first kappa shape index (κ1) is 19.0. The average Bonchev–Trinajstić information content (AvgIpc) is 2.66. The Morgan fingerprint density at radius 2 is 1.93 bits per heavy atom. The van der Waals surface area contributed by atoms with E-state index in [-0.39, 0.29) is 12.3 Å². The Morgan fingerprint density at radius 1 is 1.19 bits per heavy atom. The topological polar surface area (TPSA) is 68.5 Å². The summed E-state index contributed by atoms with van der Waals surface area (Å²) in [5.41, 5.74) is 2.37. The average molecular weight is 386 g/mol. The van der Waals surface area contributed by atoms with Gasteiger partial charge >= 0.3 is 5.63 Å². The molecular weight excluding hydrogens is 366 g/mol. The molecule has 1 N–H and O–H groups in total. The first-order valence-electron chi connectivity index (χ1n) is 8.59.